The fraction of sp³-hybridized carbons (Fsp3) is 0.591. The van der Waals surface area contributed by atoms with Gasteiger partial charge in [-0.1, -0.05) is 43.5 Å². The molecule has 0 unspecified atom stereocenters. The molecule has 2 aliphatic rings. The van der Waals surface area contributed by atoms with E-state index in [4.69, 9.17) is 0 Å². The van der Waals surface area contributed by atoms with E-state index in [0.717, 1.165) is 44.2 Å². The number of pyridine rings is 1. The van der Waals surface area contributed by atoms with Crippen molar-refractivity contribution < 1.29 is 5.11 Å². The lowest BCUT2D eigenvalue weighted by molar-refractivity contribution is 0.0138. The normalized spacial score (nSPS) is 23.5. The summed E-state index contributed by atoms with van der Waals surface area (Å²) in [6, 6.07) is 11.9. The summed E-state index contributed by atoms with van der Waals surface area (Å²) in [7, 11) is 0. The van der Waals surface area contributed by atoms with Crippen LogP contribution in [0.15, 0.2) is 36.5 Å². The third-order valence-corrected chi connectivity index (χ3v) is 6.23. The predicted molar refractivity (Wildman–Crippen MR) is 106 cm³/mol. The molecule has 4 nitrogen and oxygen atoms in total. The number of aliphatic hydroxyl groups is 1. The van der Waals surface area contributed by atoms with Crippen molar-refractivity contribution >= 4 is 10.9 Å². The minimum atomic E-state index is 0.289. The van der Waals surface area contributed by atoms with Gasteiger partial charge in [-0.25, -0.2) is 0 Å². The van der Waals surface area contributed by atoms with Gasteiger partial charge in [-0.2, -0.15) is 0 Å². The zero-order chi connectivity index (χ0) is 17.8. The smallest absolute Gasteiger partial charge is 0.0746 e. The van der Waals surface area contributed by atoms with Crippen LogP contribution < -0.4 is 0 Å². The fourth-order valence-electron chi connectivity index (χ4n) is 4.91. The van der Waals surface area contributed by atoms with Crippen molar-refractivity contribution in [3.05, 3.63) is 42.1 Å². The first-order chi connectivity index (χ1) is 12.8. The highest BCUT2D eigenvalue weighted by Gasteiger charge is 2.32. The second kappa shape index (κ2) is 8.47. The van der Waals surface area contributed by atoms with Crippen LogP contribution in [0.1, 0.15) is 44.1 Å². The van der Waals surface area contributed by atoms with Gasteiger partial charge >= 0.3 is 0 Å². The Morgan fingerprint density at radius 2 is 1.88 bits per heavy atom. The second-order valence-corrected chi connectivity index (χ2v) is 7.92. The summed E-state index contributed by atoms with van der Waals surface area (Å²) < 4.78 is 0. The molecule has 0 amide bonds. The molecular formula is C22H31N3O. The maximum absolute atomic E-state index is 9.60. The minimum absolute atomic E-state index is 0.289. The molecular weight excluding hydrogens is 322 g/mol. The van der Waals surface area contributed by atoms with E-state index in [1.807, 2.05) is 12.3 Å². The van der Waals surface area contributed by atoms with E-state index >= 15 is 0 Å². The number of aliphatic hydroxyl groups excluding tert-OH is 1. The maximum Gasteiger partial charge on any atom is 0.0746 e. The molecule has 4 heteroatoms. The average molecular weight is 354 g/mol. The highest BCUT2D eigenvalue weighted by Crippen LogP contribution is 2.28. The molecule has 2 aromatic rings. The molecule has 1 saturated carbocycles. The molecule has 1 aromatic heterocycles. The van der Waals surface area contributed by atoms with E-state index in [2.05, 4.69) is 39.0 Å². The standard InChI is InChI=1S/C22H31N3O/c26-15-11-21-17-24(13-14-25(21)20-9-2-1-3-10-20)16-19-7-4-6-18-8-5-12-23-22(18)19/h4-8,12,20-21,26H,1-3,9-11,13-17H2/t21-/m1/s1. The van der Waals surface area contributed by atoms with Crippen molar-refractivity contribution in [3.8, 4) is 0 Å². The summed E-state index contributed by atoms with van der Waals surface area (Å²) in [5, 5.41) is 10.8. The van der Waals surface area contributed by atoms with E-state index < -0.39 is 0 Å². The first-order valence-corrected chi connectivity index (χ1v) is 10.3. The lowest BCUT2D eigenvalue weighted by Gasteiger charge is -2.46. The van der Waals surface area contributed by atoms with Crippen molar-refractivity contribution in [2.75, 3.05) is 26.2 Å². The van der Waals surface area contributed by atoms with Crippen molar-refractivity contribution in [2.24, 2.45) is 0 Å². The minimum Gasteiger partial charge on any atom is -0.396 e. The summed E-state index contributed by atoms with van der Waals surface area (Å²) in [5.41, 5.74) is 2.44. The Kier molecular flexibility index (Phi) is 5.83. The number of benzene rings is 1. The molecule has 0 bridgehead atoms. The third kappa shape index (κ3) is 3.93. The summed E-state index contributed by atoms with van der Waals surface area (Å²) in [6.07, 6.45) is 9.61. The Morgan fingerprint density at radius 1 is 1.04 bits per heavy atom. The van der Waals surface area contributed by atoms with E-state index in [1.54, 1.807) is 0 Å². The van der Waals surface area contributed by atoms with Crippen LogP contribution in [-0.2, 0) is 6.54 Å². The fourth-order valence-corrected chi connectivity index (χ4v) is 4.91. The number of fused-ring (bicyclic) bond motifs is 1. The van der Waals surface area contributed by atoms with Gasteiger partial charge in [0.25, 0.3) is 0 Å². The molecule has 4 rings (SSSR count). The quantitative estimate of drug-likeness (QED) is 0.894. The molecule has 0 radical (unpaired) electrons. The van der Waals surface area contributed by atoms with Gasteiger partial charge in [-0.05, 0) is 30.9 Å². The molecule has 0 spiro atoms. The zero-order valence-electron chi connectivity index (χ0n) is 15.7. The van der Waals surface area contributed by atoms with Crippen LogP contribution in [-0.4, -0.2) is 58.2 Å². The van der Waals surface area contributed by atoms with Gasteiger partial charge in [-0.15, -0.1) is 0 Å². The molecule has 1 aliphatic heterocycles. The molecule has 1 atom stereocenters. The lowest BCUT2D eigenvalue weighted by Crippen LogP contribution is -2.56. The van der Waals surface area contributed by atoms with Gasteiger partial charge in [0.05, 0.1) is 5.52 Å². The second-order valence-electron chi connectivity index (χ2n) is 7.92. The molecule has 1 aromatic carbocycles. The number of aromatic nitrogens is 1. The Balaban J connectivity index is 1.46. The number of piperazine rings is 1. The van der Waals surface area contributed by atoms with Gasteiger partial charge in [0, 0.05) is 56.5 Å². The Bertz CT molecular complexity index is 708. The van der Waals surface area contributed by atoms with Crippen molar-refractivity contribution in [1.82, 2.24) is 14.8 Å². The number of rotatable bonds is 5. The van der Waals surface area contributed by atoms with Gasteiger partial charge in [0.2, 0.25) is 0 Å². The highest BCUT2D eigenvalue weighted by atomic mass is 16.3. The molecule has 1 aliphatic carbocycles. The summed E-state index contributed by atoms with van der Waals surface area (Å²) in [5.74, 6) is 0. The topological polar surface area (TPSA) is 39.6 Å². The molecule has 26 heavy (non-hydrogen) atoms. The largest absolute Gasteiger partial charge is 0.396 e. The van der Waals surface area contributed by atoms with Crippen LogP contribution in [0.5, 0.6) is 0 Å². The molecule has 2 heterocycles. The summed E-state index contributed by atoms with van der Waals surface area (Å²) in [6.45, 7) is 4.54. The lowest BCUT2D eigenvalue weighted by atomic mass is 9.91. The number of hydrogen-bond donors (Lipinski definition) is 1. The number of hydrogen-bond acceptors (Lipinski definition) is 4. The maximum atomic E-state index is 9.60. The van der Waals surface area contributed by atoms with Crippen LogP contribution in [0.2, 0.25) is 0 Å². The van der Waals surface area contributed by atoms with E-state index in [0.29, 0.717) is 6.04 Å². The van der Waals surface area contributed by atoms with Crippen molar-refractivity contribution in [2.45, 2.75) is 57.2 Å². The Labute approximate surface area is 156 Å². The Hall–Kier alpha value is -1.49. The van der Waals surface area contributed by atoms with Crippen molar-refractivity contribution in [3.63, 3.8) is 0 Å². The number of para-hydroxylation sites is 1. The summed E-state index contributed by atoms with van der Waals surface area (Å²) in [4.78, 5) is 9.89. The zero-order valence-corrected chi connectivity index (χ0v) is 15.7. The number of nitrogens with zero attached hydrogens (tertiary/aromatic N) is 3. The molecule has 1 saturated heterocycles. The van der Waals surface area contributed by atoms with Gasteiger partial charge in [-0.3, -0.25) is 14.8 Å². The van der Waals surface area contributed by atoms with Crippen LogP contribution in [0.4, 0.5) is 0 Å². The van der Waals surface area contributed by atoms with E-state index in [-0.39, 0.29) is 6.61 Å². The molecule has 140 valence electrons. The van der Waals surface area contributed by atoms with Crippen LogP contribution >= 0.6 is 0 Å². The summed E-state index contributed by atoms with van der Waals surface area (Å²) >= 11 is 0. The first kappa shape index (κ1) is 17.9. The molecule has 2 fully saturated rings. The van der Waals surface area contributed by atoms with Crippen molar-refractivity contribution in [1.29, 1.82) is 0 Å². The first-order valence-electron chi connectivity index (χ1n) is 10.3. The van der Waals surface area contributed by atoms with E-state index in [1.165, 1.54) is 43.1 Å². The Morgan fingerprint density at radius 3 is 2.73 bits per heavy atom. The van der Waals surface area contributed by atoms with Gasteiger partial charge in [0.15, 0.2) is 0 Å². The van der Waals surface area contributed by atoms with Crippen LogP contribution in [0.25, 0.3) is 10.9 Å². The monoisotopic (exact) mass is 353 g/mol. The van der Waals surface area contributed by atoms with Crippen LogP contribution in [0.3, 0.4) is 0 Å². The third-order valence-electron chi connectivity index (χ3n) is 6.23. The SMILES string of the molecule is OCC[C@@H]1CN(Cc2cccc3cccnc23)CCN1C1CCCCC1. The average Bonchev–Trinajstić information content (AvgIpc) is 2.69. The highest BCUT2D eigenvalue weighted by molar-refractivity contribution is 5.81. The van der Waals surface area contributed by atoms with E-state index in [9.17, 15) is 5.11 Å². The van der Waals surface area contributed by atoms with Gasteiger partial charge in [0.1, 0.15) is 0 Å². The molecule has 1 N–H and O–H groups in total. The van der Waals surface area contributed by atoms with Crippen LogP contribution in [0, 0.1) is 0 Å². The van der Waals surface area contributed by atoms with Gasteiger partial charge < -0.3 is 5.11 Å². The predicted octanol–water partition coefficient (Wildman–Crippen LogP) is 3.44.